The van der Waals surface area contributed by atoms with Crippen molar-refractivity contribution in [2.75, 3.05) is 7.11 Å². The smallest absolute Gasteiger partial charge is 0.141 e. The molecule has 0 aliphatic rings. The van der Waals surface area contributed by atoms with Crippen LogP contribution in [0.5, 0.6) is 5.75 Å². The van der Waals surface area contributed by atoms with E-state index in [-0.39, 0.29) is 10.6 Å². The molecule has 1 rings (SSSR count). The Balaban J connectivity index is 3.09. The fourth-order valence-corrected chi connectivity index (χ4v) is 2.55. The summed E-state index contributed by atoms with van der Waals surface area (Å²) in [4.78, 5) is 0.203. The molecular weight excluding hydrogens is 327 g/mol. The Morgan fingerprint density at radius 2 is 2.13 bits per heavy atom. The van der Waals surface area contributed by atoms with E-state index in [1.807, 2.05) is 0 Å². The van der Waals surface area contributed by atoms with Crippen molar-refractivity contribution in [1.29, 1.82) is 0 Å². The fourth-order valence-electron chi connectivity index (χ4n) is 1.37. The SMILES string of the molecule is CCCC(Br)c1cc(Br)c(F)cc1OC. The van der Waals surface area contributed by atoms with Crippen LogP contribution >= 0.6 is 31.9 Å². The maximum Gasteiger partial charge on any atom is 0.141 e. The first kappa shape index (κ1) is 13.0. The summed E-state index contributed by atoms with van der Waals surface area (Å²) in [5, 5.41) is 0. The topological polar surface area (TPSA) is 9.23 Å². The molecule has 1 unspecified atom stereocenters. The first-order chi connectivity index (χ1) is 7.10. The Kier molecular flexibility index (Phi) is 5.06. The molecule has 0 saturated carbocycles. The van der Waals surface area contributed by atoms with Gasteiger partial charge in [0.1, 0.15) is 11.6 Å². The molecule has 4 heteroatoms. The highest BCUT2D eigenvalue weighted by atomic mass is 79.9. The maximum atomic E-state index is 13.3. The maximum absolute atomic E-state index is 13.3. The molecule has 0 aromatic heterocycles. The molecule has 0 amide bonds. The van der Waals surface area contributed by atoms with Crippen LogP contribution in [-0.2, 0) is 0 Å². The number of methoxy groups -OCH3 is 1. The number of ether oxygens (including phenoxy) is 1. The molecule has 15 heavy (non-hydrogen) atoms. The third kappa shape index (κ3) is 3.18. The molecular formula is C11H13Br2FO. The van der Waals surface area contributed by atoms with Crippen molar-refractivity contribution < 1.29 is 9.13 Å². The molecule has 1 atom stereocenters. The van der Waals surface area contributed by atoms with Crippen molar-refractivity contribution >= 4 is 31.9 Å². The average molecular weight is 340 g/mol. The number of alkyl halides is 1. The van der Waals surface area contributed by atoms with Gasteiger partial charge >= 0.3 is 0 Å². The van der Waals surface area contributed by atoms with Gasteiger partial charge in [0, 0.05) is 16.5 Å². The predicted molar refractivity (Wildman–Crippen MR) is 67.2 cm³/mol. The molecule has 0 heterocycles. The molecule has 0 aliphatic heterocycles. The summed E-state index contributed by atoms with van der Waals surface area (Å²) in [5.74, 6) is 0.290. The molecule has 0 N–H and O–H groups in total. The van der Waals surface area contributed by atoms with E-state index in [0.29, 0.717) is 10.2 Å². The van der Waals surface area contributed by atoms with Gasteiger partial charge in [0.05, 0.1) is 11.6 Å². The normalized spacial score (nSPS) is 12.6. The third-order valence-corrected chi connectivity index (χ3v) is 3.71. The van der Waals surface area contributed by atoms with Gasteiger partial charge in [0.15, 0.2) is 0 Å². The quantitative estimate of drug-likeness (QED) is 0.714. The van der Waals surface area contributed by atoms with E-state index in [1.54, 1.807) is 13.2 Å². The van der Waals surface area contributed by atoms with Crippen molar-refractivity contribution in [3.8, 4) is 5.75 Å². The zero-order valence-electron chi connectivity index (χ0n) is 8.69. The van der Waals surface area contributed by atoms with Gasteiger partial charge in [-0.25, -0.2) is 4.39 Å². The van der Waals surface area contributed by atoms with Crippen molar-refractivity contribution in [2.45, 2.75) is 24.6 Å². The molecule has 1 aromatic rings. The summed E-state index contributed by atoms with van der Waals surface area (Å²) in [7, 11) is 1.55. The number of hydrogen-bond acceptors (Lipinski definition) is 1. The van der Waals surface area contributed by atoms with E-state index in [0.717, 1.165) is 18.4 Å². The van der Waals surface area contributed by atoms with Crippen molar-refractivity contribution in [3.05, 3.63) is 28.0 Å². The molecule has 0 fully saturated rings. The van der Waals surface area contributed by atoms with Crippen LogP contribution in [0.15, 0.2) is 16.6 Å². The summed E-state index contributed by atoms with van der Waals surface area (Å²) in [6, 6.07) is 3.17. The van der Waals surface area contributed by atoms with Gasteiger partial charge < -0.3 is 4.74 Å². The lowest BCUT2D eigenvalue weighted by atomic mass is 10.1. The molecule has 0 bridgehead atoms. The van der Waals surface area contributed by atoms with Crippen molar-refractivity contribution in [3.63, 3.8) is 0 Å². The van der Waals surface area contributed by atoms with E-state index in [9.17, 15) is 4.39 Å². The molecule has 0 spiro atoms. The zero-order valence-corrected chi connectivity index (χ0v) is 11.9. The summed E-state index contributed by atoms with van der Waals surface area (Å²) in [5.41, 5.74) is 0.979. The van der Waals surface area contributed by atoms with Crippen LogP contribution in [0.2, 0.25) is 0 Å². The van der Waals surface area contributed by atoms with Gasteiger partial charge in [-0.15, -0.1) is 0 Å². The van der Waals surface area contributed by atoms with Gasteiger partial charge in [0.25, 0.3) is 0 Å². The van der Waals surface area contributed by atoms with Gasteiger partial charge in [-0.3, -0.25) is 0 Å². The average Bonchev–Trinajstić information content (AvgIpc) is 2.21. The second-order valence-corrected chi connectivity index (χ2v) is 5.22. The van der Waals surface area contributed by atoms with E-state index in [2.05, 4.69) is 38.8 Å². The summed E-state index contributed by atoms with van der Waals surface area (Å²) in [6.45, 7) is 2.11. The minimum Gasteiger partial charge on any atom is -0.496 e. The van der Waals surface area contributed by atoms with Crippen LogP contribution < -0.4 is 4.74 Å². The Morgan fingerprint density at radius 3 is 2.67 bits per heavy atom. The van der Waals surface area contributed by atoms with Gasteiger partial charge in [0.2, 0.25) is 0 Å². The first-order valence-electron chi connectivity index (χ1n) is 4.77. The second-order valence-electron chi connectivity index (χ2n) is 3.26. The highest BCUT2D eigenvalue weighted by Gasteiger charge is 2.15. The third-order valence-electron chi connectivity index (χ3n) is 2.15. The number of halogens is 3. The lowest BCUT2D eigenvalue weighted by molar-refractivity contribution is 0.405. The lowest BCUT2D eigenvalue weighted by Crippen LogP contribution is -1.97. The Morgan fingerprint density at radius 1 is 1.47 bits per heavy atom. The molecule has 0 aliphatic carbocycles. The molecule has 0 saturated heterocycles. The fraction of sp³-hybridized carbons (Fsp3) is 0.455. The highest BCUT2D eigenvalue weighted by molar-refractivity contribution is 9.10. The van der Waals surface area contributed by atoms with E-state index >= 15 is 0 Å². The first-order valence-corrected chi connectivity index (χ1v) is 6.48. The largest absolute Gasteiger partial charge is 0.496 e. The second kappa shape index (κ2) is 5.85. The number of rotatable bonds is 4. The molecule has 1 nitrogen and oxygen atoms in total. The van der Waals surface area contributed by atoms with Gasteiger partial charge in [-0.2, -0.15) is 0 Å². The number of hydrogen-bond donors (Lipinski definition) is 0. The van der Waals surface area contributed by atoms with Crippen LogP contribution in [0.25, 0.3) is 0 Å². The molecule has 84 valence electrons. The van der Waals surface area contributed by atoms with Crippen molar-refractivity contribution in [1.82, 2.24) is 0 Å². The van der Waals surface area contributed by atoms with Crippen LogP contribution in [-0.4, -0.2) is 7.11 Å². The van der Waals surface area contributed by atoms with E-state index in [4.69, 9.17) is 4.74 Å². The summed E-state index contributed by atoms with van der Waals surface area (Å²) in [6.07, 6.45) is 2.06. The summed E-state index contributed by atoms with van der Waals surface area (Å²) < 4.78 is 18.9. The number of benzene rings is 1. The van der Waals surface area contributed by atoms with Crippen LogP contribution in [0, 0.1) is 5.82 Å². The standard InChI is InChI=1S/C11H13Br2FO/c1-3-4-8(12)7-5-9(13)10(14)6-11(7)15-2/h5-6,8H,3-4H2,1-2H3. The summed E-state index contributed by atoms with van der Waals surface area (Å²) >= 11 is 6.75. The highest BCUT2D eigenvalue weighted by Crippen LogP contribution is 2.37. The van der Waals surface area contributed by atoms with Crippen LogP contribution in [0.3, 0.4) is 0 Å². The zero-order chi connectivity index (χ0) is 11.4. The molecule has 1 aromatic carbocycles. The Labute approximate surface area is 106 Å². The lowest BCUT2D eigenvalue weighted by Gasteiger charge is -2.14. The van der Waals surface area contributed by atoms with Gasteiger partial charge in [-0.1, -0.05) is 29.3 Å². The van der Waals surface area contributed by atoms with E-state index in [1.165, 1.54) is 6.07 Å². The predicted octanol–water partition coefficient (Wildman–Crippen LogP) is 4.83. The van der Waals surface area contributed by atoms with Crippen molar-refractivity contribution in [2.24, 2.45) is 0 Å². The Hall–Kier alpha value is -0.0900. The van der Waals surface area contributed by atoms with Crippen LogP contribution in [0.1, 0.15) is 30.2 Å². The monoisotopic (exact) mass is 338 g/mol. The minimum absolute atomic E-state index is 0.203. The van der Waals surface area contributed by atoms with Gasteiger partial charge in [-0.05, 0) is 28.4 Å². The van der Waals surface area contributed by atoms with E-state index < -0.39 is 0 Å². The molecule has 0 radical (unpaired) electrons. The Bertz CT molecular complexity index is 342. The minimum atomic E-state index is -0.299. The van der Waals surface area contributed by atoms with Crippen LogP contribution in [0.4, 0.5) is 4.39 Å².